The fourth-order valence-electron chi connectivity index (χ4n) is 10.1. The standard InChI is InChI=1S/C73H135N2O7P/c1-7-10-13-16-19-22-25-28-30-32-34-36-37-39-40-42-44-47-50-53-56-59-62-65-72(76)74-70(69-81-83(78,79)80-68-67-75(4,5)6)71(64-61-58-55-52-49-46-27-24-21-18-15-12-9-3)82-73(77)66-63-60-57-54-51-48-45-43-41-38-35-33-31-29-26-23-20-17-14-11-8-2/h19,22,28-31,34,36,39-40,61,64,70-71H,7-18,20-21,23-27,32-33,35,37-38,41-60,62-63,65-69H2,1-6H3,(H-,74,76,78,79)/b22-19-,30-28-,31-29+,36-34-,40-39-,64-61+. The predicted octanol–water partition coefficient (Wildman–Crippen LogP) is 21.7. The molecule has 0 rings (SSSR count). The minimum atomic E-state index is -4.71. The topological polar surface area (TPSA) is 114 Å². The van der Waals surface area contributed by atoms with Crippen molar-refractivity contribution in [1.82, 2.24) is 5.32 Å². The van der Waals surface area contributed by atoms with Gasteiger partial charge >= 0.3 is 5.97 Å². The Balaban J connectivity index is 5.16. The van der Waals surface area contributed by atoms with Crippen molar-refractivity contribution in [1.29, 1.82) is 0 Å². The summed E-state index contributed by atoms with van der Waals surface area (Å²) in [6.07, 6.45) is 81.5. The molecule has 0 saturated carbocycles. The number of allylic oxidation sites excluding steroid dienone is 11. The third kappa shape index (κ3) is 63.8. The lowest BCUT2D eigenvalue weighted by Crippen LogP contribution is -2.47. The molecule has 3 atom stereocenters. The molecule has 0 radical (unpaired) electrons. The van der Waals surface area contributed by atoms with Gasteiger partial charge in [0.15, 0.2) is 0 Å². The van der Waals surface area contributed by atoms with Crippen molar-refractivity contribution in [2.45, 2.75) is 341 Å². The number of ether oxygens (including phenoxy) is 1. The zero-order valence-electron chi connectivity index (χ0n) is 55.4. The van der Waals surface area contributed by atoms with Gasteiger partial charge in [-0.25, -0.2) is 0 Å². The summed E-state index contributed by atoms with van der Waals surface area (Å²) in [7, 11) is 1.18. The molecule has 484 valence electrons. The van der Waals surface area contributed by atoms with E-state index in [1.807, 2.05) is 33.3 Å². The summed E-state index contributed by atoms with van der Waals surface area (Å²) in [5.74, 6) is -0.545. The highest BCUT2D eigenvalue weighted by molar-refractivity contribution is 7.45. The Morgan fingerprint density at radius 2 is 0.735 bits per heavy atom. The summed E-state index contributed by atoms with van der Waals surface area (Å²) in [6, 6.07) is -0.898. The number of phosphoric ester groups is 1. The summed E-state index contributed by atoms with van der Waals surface area (Å²) >= 11 is 0. The number of hydrogen-bond donors (Lipinski definition) is 1. The first-order valence-electron chi connectivity index (χ1n) is 35.2. The van der Waals surface area contributed by atoms with Gasteiger partial charge in [-0.15, -0.1) is 0 Å². The zero-order chi connectivity index (χ0) is 60.7. The van der Waals surface area contributed by atoms with Gasteiger partial charge in [-0.05, 0) is 102 Å². The first-order chi connectivity index (χ1) is 40.4. The van der Waals surface area contributed by atoms with Crippen LogP contribution in [-0.2, 0) is 27.9 Å². The van der Waals surface area contributed by atoms with Crippen LogP contribution in [0.5, 0.6) is 0 Å². The lowest BCUT2D eigenvalue weighted by atomic mass is 10.0. The lowest BCUT2D eigenvalue weighted by molar-refractivity contribution is -0.870. The number of nitrogens with zero attached hydrogens (tertiary/aromatic N) is 1. The molecule has 0 aliphatic heterocycles. The van der Waals surface area contributed by atoms with E-state index < -0.39 is 26.6 Å². The Labute approximate surface area is 514 Å². The van der Waals surface area contributed by atoms with Gasteiger partial charge in [-0.2, -0.15) is 0 Å². The number of esters is 1. The summed E-state index contributed by atoms with van der Waals surface area (Å²) < 4.78 is 30.5. The van der Waals surface area contributed by atoms with Crippen LogP contribution in [-0.4, -0.2) is 69.4 Å². The Hall–Kier alpha value is -2.55. The van der Waals surface area contributed by atoms with E-state index in [1.54, 1.807) is 0 Å². The maximum Gasteiger partial charge on any atom is 0.306 e. The average molecular weight is 1180 g/mol. The lowest BCUT2D eigenvalue weighted by Gasteiger charge is -2.30. The fraction of sp³-hybridized carbons (Fsp3) is 0.808. The molecule has 0 fully saturated rings. The second-order valence-corrected chi connectivity index (χ2v) is 26.4. The van der Waals surface area contributed by atoms with Crippen LogP contribution < -0.4 is 10.2 Å². The van der Waals surface area contributed by atoms with Crippen molar-refractivity contribution in [3.63, 3.8) is 0 Å². The number of rotatable bonds is 64. The highest BCUT2D eigenvalue weighted by Crippen LogP contribution is 2.38. The number of quaternary nitrogens is 1. The Bertz CT molecular complexity index is 1650. The molecule has 0 spiro atoms. The number of carbonyl (C=O) groups excluding carboxylic acids is 2. The van der Waals surface area contributed by atoms with Gasteiger partial charge < -0.3 is 28.5 Å². The molecular formula is C73H135N2O7P. The van der Waals surface area contributed by atoms with Gasteiger partial charge in [0, 0.05) is 12.8 Å². The maximum absolute atomic E-state index is 13.6. The van der Waals surface area contributed by atoms with Crippen molar-refractivity contribution < 1.29 is 37.3 Å². The van der Waals surface area contributed by atoms with Crippen LogP contribution in [0.25, 0.3) is 0 Å². The number of unbranched alkanes of at least 4 members (excludes halogenated alkanes) is 38. The van der Waals surface area contributed by atoms with Gasteiger partial charge in [0.05, 0.1) is 33.8 Å². The zero-order valence-corrected chi connectivity index (χ0v) is 56.3. The van der Waals surface area contributed by atoms with Gasteiger partial charge in [0.2, 0.25) is 5.91 Å². The predicted molar refractivity (Wildman–Crippen MR) is 358 cm³/mol. The number of nitrogens with one attached hydrogen (secondary N) is 1. The van der Waals surface area contributed by atoms with E-state index in [-0.39, 0.29) is 24.9 Å². The monoisotopic (exact) mass is 1180 g/mol. The average Bonchev–Trinajstić information content (AvgIpc) is 3.46. The van der Waals surface area contributed by atoms with Crippen LogP contribution in [0.3, 0.4) is 0 Å². The quantitative estimate of drug-likeness (QED) is 0.0212. The Kier molecular flexibility index (Phi) is 60.6. The molecule has 10 heteroatoms. The third-order valence-electron chi connectivity index (χ3n) is 15.6. The van der Waals surface area contributed by atoms with E-state index in [2.05, 4.69) is 86.8 Å². The smallest absolute Gasteiger partial charge is 0.306 e. The maximum atomic E-state index is 13.6. The number of phosphoric acid groups is 1. The van der Waals surface area contributed by atoms with Gasteiger partial charge in [0.1, 0.15) is 19.3 Å². The summed E-state index contributed by atoms with van der Waals surface area (Å²) in [6.45, 7) is 6.84. The van der Waals surface area contributed by atoms with Crippen LogP contribution in [0.2, 0.25) is 0 Å². The SMILES string of the molecule is CCCCC/C=C\C/C=C\C/C=C\C/C=C\CCCCCCCCCC(=O)NC(COP(=O)([O-])OCC[N+](C)(C)C)C(/C=C/CCCCCCCCCCCCC)OC(=O)CCCCCCCCCCCCC/C=C/CCCCCCCC. The molecule has 0 aliphatic carbocycles. The van der Waals surface area contributed by atoms with Gasteiger partial charge in [-0.1, -0.05) is 287 Å². The molecular weight excluding hydrogens is 1050 g/mol. The van der Waals surface area contributed by atoms with Crippen LogP contribution in [0.15, 0.2) is 72.9 Å². The van der Waals surface area contributed by atoms with Crippen LogP contribution in [0, 0.1) is 0 Å². The van der Waals surface area contributed by atoms with Crippen molar-refractivity contribution in [3.8, 4) is 0 Å². The molecule has 0 saturated heterocycles. The molecule has 0 aromatic heterocycles. The number of likely N-dealkylation sites (N-methyl/N-ethyl adjacent to an activating group) is 1. The van der Waals surface area contributed by atoms with Crippen LogP contribution in [0.4, 0.5) is 0 Å². The van der Waals surface area contributed by atoms with E-state index in [4.69, 9.17) is 13.8 Å². The highest BCUT2D eigenvalue weighted by atomic mass is 31.2. The first kappa shape index (κ1) is 80.5. The molecule has 83 heavy (non-hydrogen) atoms. The van der Waals surface area contributed by atoms with E-state index in [0.717, 1.165) is 89.9 Å². The van der Waals surface area contributed by atoms with Crippen molar-refractivity contribution >= 4 is 19.7 Å². The second-order valence-electron chi connectivity index (χ2n) is 25.0. The number of amides is 1. The van der Waals surface area contributed by atoms with Gasteiger partial charge in [-0.3, -0.25) is 14.2 Å². The molecule has 0 bridgehead atoms. The number of hydrogen-bond acceptors (Lipinski definition) is 7. The van der Waals surface area contributed by atoms with E-state index in [9.17, 15) is 19.0 Å². The second kappa shape index (κ2) is 62.5. The minimum absolute atomic E-state index is 0.0261. The summed E-state index contributed by atoms with van der Waals surface area (Å²) in [5, 5.41) is 3.04. The molecule has 0 aromatic carbocycles. The van der Waals surface area contributed by atoms with Crippen LogP contribution >= 0.6 is 7.82 Å². The minimum Gasteiger partial charge on any atom is -0.756 e. The largest absolute Gasteiger partial charge is 0.756 e. The van der Waals surface area contributed by atoms with Crippen LogP contribution in [0.1, 0.15) is 329 Å². The fourth-order valence-corrected chi connectivity index (χ4v) is 10.9. The van der Waals surface area contributed by atoms with Crippen molar-refractivity contribution in [2.75, 3.05) is 40.9 Å². The highest BCUT2D eigenvalue weighted by Gasteiger charge is 2.27. The Morgan fingerprint density at radius 3 is 1.13 bits per heavy atom. The molecule has 9 nitrogen and oxygen atoms in total. The summed E-state index contributed by atoms with van der Waals surface area (Å²) in [5.41, 5.74) is 0. The van der Waals surface area contributed by atoms with Crippen molar-refractivity contribution in [2.24, 2.45) is 0 Å². The first-order valence-corrected chi connectivity index (χ1v) is 36.7. The molecule has 3 unspecified atom stereocenters. The molecule has 0 aromatic rings. The molecule has 1 amide bonds. The summed E-state index contributed by atoms with van der Waals surface area (Å²) in [4.78, 5) is 40.2. The van der Waals surface area contributed by atoms with E-state index in [0.29, 0.717) is 17.4 Å². The van der Waals surface area contributed by atoms with E-state index in [1.165, 1.54) is 205 Å². The third-order valence-corrected chi connectivity index (χ3v) is 16.6. The molecule has 1 N–H and O–H groups in total. The molecule has 0 heterocycles. The Morgan fingerprint density at radius 1 is 0.422 bits per heavy atom. The molecule has 0 aliphatic rings. The number of carbonyl (C=O) groups is 2. The normalized spacial score (nSPS) is 14.0. The van der Waals surface area contributed by atoms with Gasteiger partial charge in [0.25, 0.3) is 7.82 Å². The van der Waals surface area contributed by atoms with Crippen molar-refractivity contribution in [3.05, 3.63) is 72.9 Å². The van der Waals surface area contributed by atoms with E-state index >= 15 is 0 Å².